The van der Waals surface area contributed by atoms with Crippen molar-refractivity contribution in [1.29, 1.82) is 0 Å². The maximum Gasteiger partial charge on any atom is 0.311 e. The van der Waals surface area contributed by atoms with Gasteiger partial charge in [0.15, 0.2) is 0 Å². The predicted molar refractivity (Wildman–Crippen MR) is 116 cm³/mol. The lowest BCUT2D eigenvalue weighted by Crippen LogP contribution is -2.07. The lowest BCUT2D eigenvalue weighted by molar-refractivity contribution is -0.144. The summed E-state index contributed by atoms with van der Waals surface area (Å²) in [7, 11) is 0. The molecule has 0 spiro atoms. The number of carbonyl (C=O) groups excluding carboxylic acids is 1. The maximum absolute atomic E-state index is 12.4. The molecule has 0 aliphatic heterocycles. The molecule has 0 fully saturated rings. The molecule has 4 aromatic rings. The van der Waals surface area contributed by atoms with Gasteiger partial charge in [-0.3, -0.25) is 4.79 Å². The summed E-state index contributed by atoms with van der Waals surface area (Å²) in [5.41, 5.74) is 6.11. The second-order valence-electron chi connectivity index (χ2n) is 7.08. The number of aromatic nitrogens is 3. The van der Waals surface area contributed by atoms with Crippen LogP contribution in [-0.4, -0.2) is 20.5 Å². The van der Waals surface area contributed by atoms with Crippen LogP contribution < -0.4 is 0 Å². The van der Waals surface area contributed by atoms with Gasteiger partial charge in [-0.2, -0.15) is 0 Å². The first-order valence-electron chi connectivity index (χ1n) is 9.66. The number of aryl methyl sites for hydroxylation is 3. The molecule has 29 heavy (non-hydrogen) atoms. The molecule has 5 nitrogen and oxygen atoms in total. The van der Waals surface area contributed by atoms with Gasteiger partial charge in [-0.15, -0.1) is 11.3 Å². The van der Waals surface area contributed by atoms with E-state index < -0.39 is 0 Å². The van der Waals surface area contributed by atoms with Crippen LogP contribution in [0.4, 0.5) is 0 Å². The van der Waals surface area contributed by atoms with E-state index in [-0.39, 0.29) is 19.0 Å². The van der Waals surface area contributed by atoms with Crippen LogP contribution in [0.2, 0.25) is 0 Å². The van der Waals surface area contributed by atoms with Gasteiger partial charge in [0.05, 0.1) is 29.5 Å². The van der Waals surface area contributed by atoms with Crippen LogP contribution in [0, 0.1) is 13.8 Å². The van der Waals surface area contributed by atoms with Crippen molar-refractivity contribution in [3.8, 4) is 10.6 Å². The van der Waals surface area contributed by atoms with Crippen molar-refractivity contribution in [1.82, 2.24) is 14.5 Å². The van der Waals surface area contributed by atoms with Gasteiger partial charge in [0.1, 0.15) is 11.6 Å². The average molecular weight is 406 g/mol. The number of rotatable bonds is 6. The molecule has 0 atom stereocenters. The van der Waals surface area contributed by atoms with E-state index in [0.717, 1.165) is 44.3 Å². The Hall–Kier alpha value is -2.99. The maximum atomic E-state index is 12.4. The number of hydrogen-bond acceptors (Lipinski definition) is 5. The van der Waals surface area contributed by atoms with Crippen LogP contribution in [-0.2, 0) is 29.1 Å². The second kappa shape index (κ2) is 8.17. The Labute approximate surface area is 174 Å². The topological polar surface area (TPSA) is 57.0 Å². The summed E-state index contributed by atoms with van der Waals surface area (Å²) in [5.74, 6) is -0.244. The first-order valence-corrected chi connectivity index (χ1v) is 10.5. The normalized spacial score (nSPS) is 11.1. The van der Waals surface area contributed by atoms with Crippen LogP contribution in [0.5, 0.6) is 0 Å². The lowest BCUT2D eigenvalue weighted by Gasteiger charge is -2.05. The molecule has 4 rings (SSSR count). The molecular weight excluding hydrogens is 382 g/mol. The number of imidazole rings is 1. The molecule has 0 bridgehead atoms. The Morgan fingerprint density at radius 2 is 1.93 bits per heavy atom. The molecule has 6 heteroatoms. The van der Waals surface area contributed by atoms with E-state index >= 15 is 0 Å². The number of nitrogens with zero attached hydrogens (tertiary/aromatic N) is 3. The van der Waals surface area contributed by atoms with Gasteiger partial charge < -0.3 is 9.30 Å². The van der Waals surface area contributed by atoms with Gasteiger partial charge in [-0.25, -0.2) is 9.97 Å². The number of ether oxygens (including phenoxy) is 1. The second-order valence-corrected chi connectivity index (χ2v) is 8.17. The zero-order valence-corrected chi connectivity index (χ0v) is 17.6. The molecule has 0 aliphatic carbocycles. The Kier molecular flexibility index (Phi) is 5.45. The first kappa shape index (κ1) is 19.3. The van der Waals surface area contributed by atoms with Crippen molar-refractivity contribution >= 4 is 28.3 Å². The van der Waals surface area contributed by atoms with Gasteiger partial charge in [0.25, 0.3) is 0 Å². The molecular formula is C23H23N3O2S. The fourth-order valence-electron chi connectivity index (χ4n) is 3.21. The minimum atomic E-state index is -0.244. The highest BCUT2D eigenvalue weighted by Crippen LogP contribution is 2.28. The molecule has 0 aliphatic rings. The number of thiazole rings is 1. The molecule has 0 saturated carbocycles. The number of hydrogen-bond donors (Lipinski definition) is 0. The van der Waals surface area contributed by atoms with E-state index in [2.05, 4.69) is 52.6 Å². The van der Waals surface area contributed by atoms with E-state index in [9.17, 15) is 4.79 Å². The predicted octanol–water partition coefficient (Wildman–Crippen LogP) is 5.08. The van der Waals surface area contributed by atoms with Crippen molar-refractivity contribution in [2.24, 2.45) is 0 Å². The van der Waals surface area contributed by atoms with Crippen LogP contribution >= 0.6 is 11.3 Å². The fourth-order valence-corrected chi connectivity index (χ4v) is 4.26. The molecule has 0 unspecified atom stereocenters. The van der Waals surface area contributed by atoms with Crippen molar-refractivity contribution < 1.29 is 9.53 Å². The number of fused-ring (bicyclic) bond motifs is 1. The zero-order chi connectivity index (χ0) is 20.4. The van der Waals surface area contributed by atoms with Gasteiger partial charge in [0, 0.05) is 17.0 Å². The van der Waals surface area contributed by atoms with Crippen LogP contribution in [0.25, 0.3) is 21.6 Å². The summed E-state index contributed by atoms with van der Waals surface area (Å²) < 4.78 is 7.59. The van der Waals surface area contributed by atoms with Crippen LogP contribution in [0.15, 0.2) is 48.8 Å². The Morgan fingerprint density at radius 1 is 1.14 bits per heavy atom. The summed E-state index contributed by atoms with van der Waals surface area (Å²) in [4.78, 5) is 22.4. The Bertz CT molecular complexity index is 1160. The van der Waals surface area contributed by atoms with Crippen LogP contribution in [0.1, 0.15) is 28.6 Å². The first-order chi connectivity index (χ1) is 14.0. The van der Waals surface area contributed by atoms with Gasteiger partial charge in [-0.1, -0.05) is 35.9 Å². The quantitative estimate of drug-likeness (QED) is 0.420. The lowest BCUT2D eigenvalue weighted by atomic mass is 10.2. The fraction of sp³-hybridized carbons (Fsp3) is 0.261. The summed E-state index contributed by atoms with van der Waals surface area (Å²) in [5, 5.41) is 0.933. The Balaban J connectivity index is 1.40. The van der Waals surface area contributed by atoms with E-state index in [0.29, 0.717) is 0 Å². The van der Waals surface area contributed by atoms with Crippen molar-refractivity contribution in [3.63, 3.8) is 0 Å². The van der Waals surface area contributed by atoms with E-state index in [4.69, 9.17) is 4.74 Å². The number of esters is 1. The highest BCUT2D eigenvalue weighted by Gasteiger charge is 2.14. The molecule has 2 aromatic heterocycles. The standard InChI is InChI=1S/C23H23N3O2S/c1-4-26-14-24-19-11-17(7-10-20(19)26)13-28-22(27)12-21-16(3)25-23(29-21)18-8-5-15(2)6-9-18/h5-11,14H,4,12-13H2,1-3H3. The summed E-state index contributed by atoms with van der Waals surface area (Å²) >= 11 is 1.55. The number of benzene rings is 2. The van der Waals surface area contributed by atoms with Gasteiger partial charge >= 0.3 is 5.97 Å². The molecule has 0 saturated heterocycles. The van der Waals surface area contributed by atoms with Crippen molar-refractivity contribution in [3.05, 3.63) is 70.5 Å². The molecule has 2 heterocycles. The monoisotopic (exact) mass is 405 g/mol. The number of carbonyl (C=O) groups is 1. The minimum Gasteiger partial charge on any atom is -0.461 e. The highest BCUT2D eigenvalue weighted by molar-refractivity contribution is 7.15. The van der Waals surface area contributed by atoms with Gasteiger partial charge in [-0.05, 0) is 38.5 Å². The third kappa shape index (κ3) is 4.22. The van der Waals surface area contributed by atoms with Gasteiger partial charge in [0.2, 0.25) is 0 Å². The third-order valence-corrected chi connectivity index (χ3v) is 6.13. The zero-order valence-electron chi connectivity index (χ0n) is 16.8. The highest BCUT2D eigenvalue weighted by atomic mass is 32.1. The molecule has 0 N–H and O–H groups in total. The van der Waals surface area contributed by atoms with E-state index in [1.807, 2.05) is 31.5 Å². The summed E-state index contributed by atoms with van der Waals surface area (Å²) in [6.45, 7) is 7.21. The smallest absolute Gasteiger partial charge is 0.311 e. The molecule has 0 radical (unpaired) electrons. The molecule has 2 aromatic carbocycles. The summed E-state index contributed by atoms with van der Waals surface area (Å²) in [6.07, 6.45) is 2.07. The largest absolute Gasteiger partial charge is 0.461 e. The van der Waals surface area contributed by atoms with Crippen molar-refractivity contribution in [2.45, 2.75) is 40.3 Å². The molecule has 148 valence electrons. The van der Waals surface area contributed by atoms with E-state index in [1.54, 1.807) is 11.3 Å². The van der Waals surface area contributed by atoms with E-state index in [1.165, 1.54) is 5.56 Å². The Morgan fingerprint density at radius 3 is 2.69 bits per heavy atom. The average Bonchev–Trinajstić information content (AvgIpc) is 3.30. The minimum absolute atomic E-state index is 0.238. The SMILES string of the molecule is CCn1cnc2cc(COC(=O)Cc3sc(-c4ccc(C)cc4)nc3C)ccc21. The van der Waals surface area contributed by atoms with Crippen molar-refractivity contribution in [2.75, 3.05) is 0 Å². The van der Waals surface area contributed by atoms with Crippen LogP contribution in [0.3, 0.4) is 0 Å². The third-order valence-electron chi connectivity index (χ3n) is 4.92. The summed E-state index contributed by atoms with van der Waals surface area (Å²) in [6, 6.07) is 14.2. The molecule has 0 amide bonds.